The first-order chi connectivity index (χ1) is 7.59. The highest BCUT2D eigenvalue weighted by molar-refractivity contribution is 7.85. The Morgan fingerprint density at radius 3 is 2.94 bits per heavy atom. The van der Waals surface area contributed by atoms with Crippen LogP contribution in [0.3, 0.4) is 0 Å². The van der Waals surface area contributed by atoms with Crippen molar-refractivity contribution in [3.05, 3.63) is 39.9 Å². The van der Waals surface area contributed by atoms with Gasteiger partial charge in [0.25, 0.3) is 0 Å². The number of benzene rings is 1. The molecule has 0 fully saturated rings. The highest BCUT2D eigenvalue weighted by Crippen LogP contribution is 2.26. The number of hydrogen-bond donors (Lipinski definition) is 3. The number of carbonyl (C=O) groups is 1. The van der Waals surface area contributed by atoms with Crippen LogP contribution in [0.4, 0.5) is 0 Å². The second-order valence-corrected chi connectivity index (χ2v) is 4.13. The lowest BCUT2D eigenvalue weighted by atomic mass is 10.1. The molecule has 5 heteroatoms. The van der Waals surface area contributed by atoms with Crippen molar-refractivity contribution in [2.45, 2.75) is 0 Å². The van der Waals surface area contributed by atoms with Gasteiger partial charge in [0.2, 0.25) is 0 Å². The normalized spacial score (nSPS) is 12.0. The molecule has 1 aromatic carbocycles. The molecule has 2 aromatic rings. The zero-order valence-electron chi connectivity index (χ0n) is 8.07. The van der Waals surface area contributed by atoms with Gasteiger partial charge in [-0.25, -0.2) is 4.79 Å². The van der Waals surface area contributed by atoms with Crippen LogP contribution in [0.25, 0.3) is 17.0 Å². The number of rotatable bonds is 2. The van der Waals surface area contributed by atoms with Crippen molar-refractivity contribution in [3.8, 4) is 0 Å². The third-order valence-electron chi connectivity index (χ3n) is 2.21. The number of nitrogens with one attached hydrogen (secondary N) is 1. The fourth-order valence-corrected chi connectivity index (χ4v) is 1.84. The van der Waals surface area contributed by atoms with Crippen molar-refractivity contribution in [1.29, 1.82) is 0 Å². The third kappa shape index (κ3) is 1.94. The largest absolute Gasteiger partial charge is 0.477 e. The molecular weight excluding hydrogens is 246 g/mol. The number of aromatic nitrogens is 1. The van der Waals surface area contributed by atoms with Gasteiger partial charge in [0, 0.05) is 17.1 Å². The molecule has 0 atom stereocenters. The Bertz CT molecular complexity index is 589. The van der Waals surface area contributed by atoms with Crippen LogP contribution >= 0.6 is 24.2 Å². The zero-order valence-corrected chi connectivity index (χ0v) is 9.72. The highest BCUT2D eigenvalue weighted by Gasteiger charge is 2.07. The molecule has 0 amide bonds. The summed E-state index contributed by atoms with van der Waals surface area (Å²) in [5.74, 6) is -1.06. The Balaban J connectivity index is 2.59. The summed E-state index contributed by atoms with van der Waals surface area (Å²) in [6, 6.07) is 5.45. The topological polar surface area (TPSA) is 53.1 Å². The van der Waals surface area contributed by atoms with Crippen LogP contribution in [0.15, 0.2) is 29.3 Å². The molecule has 0 bridgehead atoms. The fraction of sp³-hybridized carbons (Fsp3) is 0. The average molecular weight is 254 g/mol. The molecule has 0 spiro atoms. The summed E-state index contributed by atoms with van der Waals surface area (Å²) < 4.78 is 0. The van der Waals surface area contributed by atoms with Crippen LogP contribution in [0.2, 0.25) is 5.02 Å². The van der Waals surface area contributed by atoms with Crippen molar-refractivity contribution in [3.63, 3.8) is 0 Å². The summed E-state index contributed by atoms with van der Waals surface area (Å²) in [6.45, 7) is 0. The second kappa shape index (κ2) is 4.23. The summed E-state index contributed by atoms with van der Waals surface area (Å²) in [7, 11) is 0. The van der Waals surface area contributed by atoms with E-state index in [4.69, 9.17) is 16.7 Å². The van der Waals surface area contributed by atoms with Crippen molar-refractivity contribution >= 4 is 47.2 Å². The van der Waals surface area contributed by atoms with Gasteiger partial charge < -0.3 is 10.1 Å². The van der Waals surface area contributed by atoms with E-state index in [2.05, 4.69) is 17.6 Å². The number of carboxylic acid groups (broad SMARTS) is 1. The third-order valence-corrected chi connectivity index (χ3v) is 2.84. The van der Waals surface area contributed by atoms with Crippen LogP contribution in [-0.4, -0.2) is 16.1 Å². The molecule has 0 saturated heterocycles. The molecular formula is C11H8ClNO2S. The number of aromatic amines is 1. The van der Waals surface area contributed by atoms with Crippen molar-refractivity contribution < 1.29 is 9.90 Å². The Kier molecular flexibility index (Phi) is 2.94. The Morgan fingerprint density at radius 2 is 2.25 bits per heavy atom. The Hall–Kier alpha value is -1.39. The number of hydrogen-bond acceptors (Lipinski definition) is 2. The van der Waals surface area contributed by atoms with Crippen LogP contribution < -0.4 is 0 Å². The molecule has 0 aliphatic heterocycles. The van der Waals surface area contributed by atoms with Gasteiger partial charge in [0.15, 0.2) is 0 Å². The molecule has 0 unspecified atom stereocenters. The van der Waals surface area contributed by atoms with Crippen LogP contribution in [0, 0.1) is 0 Å². The van der Waals surface area contributed by atoms with E-state index in [0.29, 0.717) is 5.02 Å². The Morgan fingerprint density at radius 1 is 1.50 bits per heavy atom. The van der Waals surface area contributed by atoms with E-state index in [9.17, 15) is 4.79 Å². The maximum absolute atomic E-state index is 10.6. The number of aliphatic carboxylic acids is 1. The average Bonchev–Trinajstić information content (AvgIpc) is 2.63. The SMILES string of the molecule is O=C(O)/C(S)=C/c1c[nH]c2c(Cl)cccc12. The van der Waals surface area contributed by atoms with Crippen molar-refractivity contribution in [1.82, 2.24) is 4.98 Å². The lowest BCUT2D eigenvalue weighted by Gasteiger charge is -1.95. The van der Waals surface area contributed by atoms with Gasteiger partial charge in [-0.05, 0) is 12.1 Å². The smallest absolute Gasteiger partial charge is 0.341 e. The highest BCUT2D eigenvalue weighted by atomic mass is 35.5. The van der Waals surface area contributed by atoms with E-state index < -0.39 is 5.97 Å². The summed E-state index contributed by atoms with van der Waals surface area (Å²) in [5, 5.41) is 10.2. The predicted octanol–water partition coefficient (Wildman–Crippen LogP) is 3.18. The first-order valence-corrected chi connectivity index (χ1v) is 5.31. The molecule has 1 heterocycles. The minimum absolute atomic E-state index is 0.0131. The number of H-pyrrole nitrogens is 1. The quantitative estimate of drug-likeness (QED) is 0.569. The molecule has 3 nitrogen and oxygen atoms in total. The van der Waals surface area contributed by atoms with E-state index in [-0.39, 0.29) is 4.91 Å². The van der Waals surface area contributed by atoms with E-state index >= 15 is 0 Å². The number of halogens is 1. The molecule has 2 N–H and O–H groups in total. The number of thiol groups is 1. The molecule has 0 saturated carbocycles. The molecule has 82 valence electrons. The maximum Gasteiger partial charge on any atom is 0.341 e. The minimum atomic E-state index is -1.06. The first kappa shape index (κ1) is 11.1. The van der Waals surface area contributed by atoms with Gasteiger partial charge in [0.05, 0.1) is 15.4 Å². The molecule has 0 aliphatic carbocycles. The number of para-hydroxylation sites is 1. The molecule has 2 rings (SSSR count). The lowest BCUT2D eigenvalue weighted by molar-refractivity contribution is -0.131. The second-order valence-electron chi connectivity index (χ2n) is 3.24. The fourth-order valence-electron chi connectivity index (χ4n) is 1.47. The van der Waals surface area contributed by atoms with Crippen LogP contribution in [-0.2, 0) is 4.79 Å². The number of fused-ring (bicyclic) bond motifs is 1. The lowest BCUT2D eigenvalue weighted by Crippen LogP contribution is -1.92. The van der Waals surface area contributed by atoms with E-state index in [0.717, 1.165) is 16.5 Å². The minimum Gasteiger partial charge on any atom is -0.477 e. The first-order valence-electron chi connectivity index (χ1n) is 4.49. The standard InChI is InChI=1S/C11H8ClNO2S/c12-8-3-1-2-7-6(5-13-10(7)8)4-9(16)11(14)15/h1-5,13,16H,(H,14,15)/b9-4-. The molecule has 0 radical (unpaired) electrons. The molecule has 0 aliphatic rings. The molecule has 1 aromatic heterocycles. The summed E-state index contributed by atoms with van der Waals surface area (Å²) in [6.07, 6.45) is 3.19. The van der Waals surface area contributed by atoms with Gasteiger partial charge in [-0.15, -0.1) is 12.6 Å². The van der Waals surface area contributed by atoms with Crippen LogP contribution in [0.1, 0.15) is 5.56 Å². The summed E-state index contributed by atoms with van der Waals surface area (Å²) >= 11 is 9.86. The van der Waals surface area contributed by atoms with Gasteiger partial charge >= 0.3 is 5.97 Å². The summed E-state index contributed by atoms with van der Waals surface area (Å²) in [4.78, 5) is 13.6. The predicted molar refractivity (Wildman–Crippen MR) is 67.9 cm³/mol. The van der Waals surface area contributed by atoms with E-state index in [1.165, 1.54) is 6.08 Å². The van der Waals surface area contributed by atoms with Gasteiger partial charge in [-0.2, -0.15) is 0 Å². The van der Waals surface area contributed by atoms with E-state index in [1.807, 2.05) is 12.1 Å². The van der Waals surface area contributed by atoms with E-state index in [1.54, 1.807) is 12.3 Å². The molecule has 16 heavy (non-hydrogen) atoms. The van der Waals surface area contributed by atoms with Crippen LogP contribution in [0.5, 0.6) is 0 Å². The van der Waals surface area contributed by atoms with Gasteiger partial charge in [-0.1, -0.05) is 23.7 Å². The van der Waals surface area contributed by atoms with Crippen molar-refractivity contribution in [2.24, 2.45) is 0 Å². The van der Waals surface area contributed by atoms with Gasteiger partial charge in [-0.3, -0.25) is 0 Å². The number of carboxylic acids is 1. The summed E-state index contributed by atoms with van der Waals surface area (Å²) in [5.41, 5.74) is 1.55. The monoisotopic (exact) mass is 253 g/mol. The van der Waals surface area contributed by atoms with Crippen molar-refractivity contribution in [2.75, 3.05) is 0 Å². The van der Waals surface area contributed by atoms with Gasteiger partial charge in [0.1, 0.15) is 0 Å². The Labute approximate surface area is 102 Å². The zero-order chi connectivity index (χ0) is 11.7. The maximum atomic E-state index is 10.6.